The van der Waals surface area contributed by atoms with Crippen LogP contribution in [-0.2, 0) is 4.79 Å². The Bertz CT molecular complexity index is 523. The number of nitriles is 1. The van der Waals surface area contributed by atoms with Crippen LogP contribution >= 0.6 is 11.6 Å². The Balaban J connectivity index is 0.00000254. The fourth-order valence-electron chi connectivity index (χ4n) is 2.53. The van der Waals surface area contributed by atoms with Gasteiger partial charge in [-0.05, 0) is 43.0 Å². The van der Waals surface area contributed by atoms with E-state index in [9.17, 15) is 4.79 Å². The zero-order valence-electron chi connectivity index (χ0n) is 15.4. The summed E-state index contributed by atoms with van der Waals surface area (Å²) in [6.45, 7) is 17.9. The fraction of sp³-hybridized carbons (Fsp3) is 0.579. The molecule has 1 amide bonds. The van der Waals surface area contributed by atoms with E-state index in [4.69, 9.17) is 16.9 Å². The van der Waals surface area contributed by atoms with Gasteiger partial charge < -0.3 is 5.32 Å². The van der Waals surface area contributed by atoms with Crippen molar-refractivity contribution in [2.45, 2.75) is 47.0 Å². The quantitative estimate of drug-likeness (QED) is 0.723. The smallest absolute Gasteiger partial charge is 0.221 e. The molecule has 0 aliphatic carbocycles. The number of allylic oxidation sites excluding steroid dienone is 1. The van der Waals surface area contributed by atoms with Crippen molar-refractivity contribution in [1.29, 1.82) is 5.26 Å². The molecule has 0 spiro atoms. The van der Waals surface area contributed by atoms with Gasteiger partial charge in [0.25, 0.3) is 0 Å². The molecular formula is C19H30ClN3O. The molecule has 0 saturated carbocycles. The Labute approximate surface area is 151 Å². The maximum atomic E-state index is 11.1. The fourth-order valence-corrected chi connectivity index (χ4v) is 2.63. The minimum absolute atomic E-state index is 0.133. The Morgan fingerprint density at radius 3 is 2.33 bits per heavy atom. The van der Waals surface area contributed by atoms with Crippen molar-refractivity contribution in [2.75, 3.05) is 19.6 Å². The topological polar surface area (TPSA) is 56.1 Å². The second-order valence-electron chi connectivity index (χ2n) is 6.22. The summed E-state index contributed by atoms with van der Waals surface area (Å²) in [4.78, 5) is 13.5. The zero-order chi connectivity index (χ0) is 18.8. The van der Waals surface area contributed by atoms with E-state index in [-0.39, 0.29) is 16.4 Å². The molecule has 4 nitrogen and oxygen atoms in total. The molecule has 0 unspecified atom stereocenters. The predicted octanol–water partition coefficient (Wildman–Crippen LogP) is 4.36. The second-order valence-corrected chi connectivity index (χ2v) is 6.68. The van der Waals surface area contributed by atoms with Crippen LogP contribution in [-0.4, -0.2) is 30.4 Å². The summed E-state index contributed by atoms with van der Waals surface area (Å²) >= 11 is 5.88. The normalized spacial score (nSPS) is 17.1. The number of likely N-dealkylation sites (tertiary alicyclic amines) is 1. The summed E-state index contributed by atoms with van der Waals surface area (Å²) in [5, 5.41) is 11.8. The number of carbonyl (C=O) groups excluding carboxylic acids is 1. The number of nitrogens with one attached hydrogen (secondary N) is 1. The molecule has 1 N–H and O–H groups in total. The van der Waals surface area contributed by atoms with Gasteiger partial charge in [-0.3, -0.25) is 9.69 Å². The molecule has 0 bridgehead atoms. The Hall–Kier alpha value is -1.57. The highest BCUT2D eigenvalue weighted by Gasteiger charge is 2.29. The van der Waals surface area contributed by atoms with Gasteiger partial charge in [0.05, 0.1) is 16.8 Å². The van der Waals surface area contributed by atoms with Gasteiger partial charge in [-0.25, -0.2) is 0 Å². The number of amides is 1. The lowest BCUT2D eigenvalue weighted by Crippen LogP contribution is -2.39. The van der Waals surface area contributed by atoms with Gasteiger partial charge in [0.1, 0.15) is 0 Å². The summed E-state index contributed by atoms with van der Waals surface area (Å²) < 4.78 is 0. The van der Waals surface area contributed by atoms with Crippen LogP contribution < -0.4 is 5.32 Å². The molecular weight excluding hydrogens is 322 g/mol. The minimum Gasteiger partial charge on any atom is -0.325 e. The summed E-state index contributed by atoms with van der Waals surface area (Å²) in [5.74, 6) is -0.189. The Kier molecular flexibility index (Phi) is 10.3. The van der Waals surface area contributed by atoms with E-state index in [2.05, 4.69) is 36.4 Å². The maximum absolute atomic E-state index is 11.1. The van der Waals surface area contributed by atoms with Crippen LogP contribution in [0.1, 0.15) is 47.0 Å². The van der Waals surface area contributed by atoms with Crippen LogP contribution in [0.25, 0.3) is 0 Å². The van der Waals surface area contributed by atoms with E-state index >= 15 is 0 Å². The highest BCUT2D eigenvalue weighted by Crippen LogP contribution is 2.34. The Morgan fingerprint density at radius 1 is 1.38 bits per heavy atom. The van der Waals surface area contributed by atoms with Gasteiger partial charge >= 0.3 is 0 Å². The first-order chi connectivity index (χ1) is 11.3. The van der Waals surface area contributed by atoms with Crippen LogP contribution in [0, 0.1) is 16.7 Å². The molecule has 0 aromatic carbocycles. The van der Waals surface area contributed by atoms with Crippen LogP contribution in [0.5, 0.6) is 0 Å². The molecule has 1 aliphatic heterocycles. The van der Waals surface area contributed by atoms with E-state index in [1.165, 1.54) is 6.92 Å². The second kappa shape index (κ2) is 11.1. The molecule has 1 rings (SSSR count). The Morgan fingerprint density at radius 2 is 1.92 bits per heavy atom. The van der Waals surface area contributed by atoms with Crippen LogP contribution in [0.4, 0.5) is 0 Å². The van der Waals surface area contributed by atoms with Crippen molar-refractivity contribution in [1.82, 2.24) is 10.2 Å². The molecule has 0 atom stereocenters. The molecule has 0 aromatic heterocycles. The third kappa shape index (κ3) is 8.33. The van der Waals surface area contributed by atoms with E-state index in [0.29, 0.717) is 12.1 Å². The van der Waals surface area contributed by atoms with Crippen molar-refractivity contribution in [3.63, 3.8) is 0 Å². The standard InChI is InChI=1S/C17H24ClN3O.C2H6/c1-13(11-16(14(2)18)20-15(3)22)12-21-9-6-17(4,5-8-19)7-10-21;1-2/h11H,1-2,5-7,9-10,12H2,3-4H3,(H,20,22);1-2H3/b16-11+;. The average Bonchev–Trinajstić information content (AvgIpc) is 2.51. The predicted molar refractivity (Wildman–Crippen MR) is 101 cm³/mol. The lowest BCUT2D eigenvalue weighted by atomic mass is 9.78. The SMILES string of the molecule is C=C(/C=C(/NC(C)=O)C(=C)Cl)CN1CCC(C)(CC#N)CC1.CC. The van der Waals surface area contributed by atoms with Gasteiger partial charge in [-0.2, -0.15) is 5.26 Å². The highest BCUT2D eigenvalue weighted by molar-refractivity contribution is 6.31. The molecule has 1 saturated heterocycles. The minimum atomic E-state index is -0.189. The van der Waals surface area contributed by atoms with Crippen molar-refractivity contribution in [3.05, 3.63) is 35.5 Å². The van der Waals surface area contributed by atoms with Crippen LogP contribution in [0.3, 0.4) is 0 Å². The third-order valence-corrected chi connectivity index (χ3v) is 4.15. The molecule has 1 aliphatic rings. The lowest BCUT2D eigenvalue weighted by Gasteiger charge is -2.38. The maximum Gasteiger partial charge on any atom is 0.221 e. The van der Waals surface area contributed by atoms with Gasteiger partial charge in [0.2, 0.25) is 5.91 Å². The number of carbonyl (C=O) groups is 1. The molecule has 5 heteroatoms. The van der Waals surface area contributed by atoms with E-state index < -0.39 is 0 Å². The summed E-state index contributed by atoms with van der Waals surface area (Å²) in [5.41, 5.74) is 1.49. The highest BCUT2D eigenvalue weighted by atomic mass is 35.5. The number of hydrogen-bond donors (Lipinski definition) is 1. The van der Waals surface area contributed by atoms with Crippen molar-refractivity contribution in [2.24, 2.45) is 5.41 Å². The molecule has 24 heavy (non-hydrogen) atoms. The van der Waals surface area contributed by atoms with Gasteiger partial charge in [-0.15, -0.1) is 0 Å². The number of nitrogens with zero attached hydrogens (tertiary/aromatic N) is 2. The molecule has 0 aromatic rings. The first kappa shape index (κ1) is 22.4. The number of halogens is 1. The van der Waals surface area contributed by atoms with E-state index in [1.54, 1.807) is 6.08 Å². The van der Waals surface area contributed by atoms with Gasteiger partial charge in [0, 0.05) is 19.9 Å². The molecule has 0 radical (unpaired) electrons. The first-order valence-corrected chi connectivity index (χ1v) is 8.75. The number of piperidine rings is 1. The van der Waals surface area contributed by atoms with Crippen LogP contribution in [0.15, 0.2) is 35.5 Å². The van der Waals surface area contributed by atoms with Gasteiger partial charge in [0.15, 0.2) is 0 Å². The lowest BCUT2D eigenvalue weighted by molar-refractivity contribution is -0.118. The number of rotatable bonds is 6. The van der Waals surface area contributed by atoms with Crippen molar-refractivity contribution >= 4 is 17.5 Å². The molecule has 1 heterocycles. The number of hydrogen-bond acceptors (Lipinski definition) is 3. The van der Waals surface area contributed by atoms with Crippen molar-refractivity contribution < 1.29 is 4.79 Å². The third-order valence-electron chi connectivity index (χ3n) is 3.95. The first-order valence-electron chi connectivity index (χ1n) is 8.37. The zero-order valence-corrected chi connectivity index (χ0v) is 16.2. The monoisotopic (exact) mass is 351 g/mol. The van der Waals surface area contributed by atoms with E-state index in [1.807, 2.05) is 13.8 Å². The largest absolute Gasteiger partial charge is 0.325 e. The van der Waals surface area contributed by atoms with Crippen molar-refractivity contribution in [3.8, 4) is 6.07 Å². The average molecular weight is 352 g/mol. The van der Waals surface area contributed by atoms with Crippen LogP contribution in [0.2, 0.25) is 0 Å². The summed E-state index contributed by atoms with van der Waals surface area (Å²) in [7, 11) is 0. The molecule has 134 valence electrons. The summed E-state index contributed by atoms with van der Waals surface area (Å²) in [6, 6.07) is 2.28. The van der Waals surface area contributed by atoms with E-state index in [0.717, 1.165) is 38.0 Å². The van der Waals surface area contributed by atoms with Gasteiger partial charge in [-0.1, -0.05) is 45.5 Å². The summed E-state index contributed by atoms with van der Waals surface area (Å²) in [6.07, 6.45) is 4.40. The molecule has 1 fully saturated rings.